The number of carbonyl (C=O) groups is 1. The summed E-state index contributed by atoms with van der Waals surface area (Å²) in [6, 6.07) is 0. The summed E-state index contributed by atoms with van der Waals surface area (Å²) in [5.41, 5.74) is 12.5. The molecule has 1 heterocycles. The number of anilines is 1. The van der Waals surface area contributed by atoms with E-state index in [2.05, 4.69) is 16.9 Å². The van der Waals surface area contributed by atoms with E-state index in [9.17, 15) is 4.79 Å². The van der Waals surface area contributed by atoms with Crippen LogP contribution in [0.5, 0.6) is 0 Å². The summed E-state index contributed by atoms with van der Waals surface area (Å²) in [7, 11) is 0. The normalized spacial score (nSPS) is 10.4. The van der Waals surface area contributed by atoms with Gasteiger partial charge in [-0.2, -0.15) is 0 Å². The lowest BCUT2D eigenvalue weighted by atomic mass is 10.1. The molecule has 4 N–H and O–H groups in total. The summed E-state index contributed by atoms with van der Waals surface area (Å²) in [6.07, 6.45) is 3.92. The van der Waals surface area contributed by atoms with Crippen LogP contribution in [0.4, 0.5) is 5.95 Å². The lowest BCUT2D eigenvalue weighted by molar-refractivity contribution is 0.0998. The number of carbonyl (C=O) groups excluding carboxylic acids is 1. The van der Waals surface area contributed by atoms with E-state index in [4.69, 9.17) is 11.5 Å². The van der Waals surface area contributed by atoms with Crippen molar-refractivity contribution in [1.82, 2.24) is 9.97 Å². The van der Waals surface area contributed by atoms with Crippen molar-refractivity contribution >= 4 is 11.9 Å². The topological polar surface area (TPSA) is 94.9 Å². The number of rotatable bonds is 5. The highest BCUT2D eigenvalue weighted by molar-refractivity contribution is 5.95. The maximum absolute atomic E-state index is 11.3. The first-order chi connectivity index (χ1) is 7.56. The van der Waals surface area contributed by atoms with Crippen LogP contribution in [0.3, 0.4) is 0 Å². The Balaban J connectivity index is 2.99. The van der Waals surface area contributed by atoms with Gasteiger partial charge in [-0.25, -0.2) is 9.97 Å². The molecule has 0 bridgehead atoms. The molecule has 16 heavy (non-hydrogen) atoms. The van der Waals surface area contributed by atoms with Gasteiger partial charge in [-0.1, -0.05) is 19.8 Å². The van der Waals surface area contributed by atoms with Crippen molar-refractivity contribution in [2.24, 2.45) is 5.73 Å². The molecule has 0 aromatic carbocycles. The summed E-state index contributed by atoms with van der Waals surface area (Å²) < 4.78 is 0. The van der Waals surface area contributed by atoms with Crippen LogP contribution in [0.2, 0.25) is 0 Å². The summed E-state index contributed by atoms with van der Waals surface area (Å²) in [5, 5.41) is 0. The lowest BCUT2D eigenvalue weighted by Gasteiger charge is -2.08. The lowest BCUT2D eigenvalue weighted by Crippen LogP contribution is -2.19. The molecule has 1 amide bonds. The molecule has 0 saturated heterocycles. The number of nitrogen functional groups attached to an aromatic ring is 1. The Bertz CT molecular complexity index is 390. The van der Waals surface area contributed by atoms with Crippen molar-refractivity contribution in [3.8, 4) is 0 Å². The standard InChI is InChI=1S/C11H18N4O/c1-3-4-5-6-8-9(10(12)16)7(2)14-11(13)15-8/h3-6H2,1-2H3,(H2,12,16)(H2,13,14,15). The number of aryl methyl sites for hydroxylation is 2. The Morgan fingerprint density at radius 3 is 2.56 bits per heavy atom. The van der Waals surface area contributed by atoms with Crippen molar-refractivity contribution in [3.63, 3.8) is 0 Å². The molecule has 5 heteroatoms. The van der Waals surface area contributed by atoms with E-state index < -0.39 is 5.91 Å². The minimum Gasteiger partial charge on any atom is -0.368 e. The highest BCUT2D eigenvalue weighted by Gasteiger charge is 2.14. The van der Waals surface area contributed by atoms with Crippen LogP contribution in [-0.4, -0.2) is 15.9 Å². The monoisotopic (exact) mass is 222 g/mol. The van der Waals surface area contributed by atoms with Crippen molar-refractivity contribution < 1.29 is 4.79 Å². The second-order valence-electron chi connectivity index (χ2n) is 3.81. The molecule has 0 saturated carbocycles. The fraction of sp³-hybridized carbons (Fsp3) is 0.545. The molecule has 0 fully saturated rings. The first-order valence-corrected chi connectivity index (χ1v) is 5.49. The number of unbranched alkanes of at least 4 members (excludes halogenated alkanes) is 2. The van der Waals surface area contributed by atoms with Gasteiger partial charge in [0.25, 0.3) is 5.91 Å². The predicted molar refractivity (Wildman–Crippen MR) is 62.9 cm³/mol. The number of amides is 1. The number of nitrogens with zero attached hydrogens (tertiary/aromatic N) is 2. The fourth-order valence-corrected chi connectivity index (χ4v) is 1.70. The maximum Gasteiger partial charge on any atom is 0.252 e. The number of aromatic nitrogens is 2. The molecule has 1 rings (SSSR count). The van der Waals surface area contributed by atoms with Crippen LogP contribution in [-0.2, 0) is 6.42 Å². The first kappa shape index (κ1) is 12.4. The zero-order valence-electron chi connectivity index (χ0n) is 9.79. The third-order valence-electron chi connectivity index (χ3n) is 2.45. The van der Waals surface area contributed by atoms with Gasteiger partial charge in [0.15, 0.2) is 0 Å². The van der Waals surface area contributed by atoms with Gasteiger partial charge in [0.1, 0.15) is 0 Å². The Hall–Kier alpha value is -1.65. The van der Waals surface area contributed by atoms with Crippen molar-refractivity contribution in [2.75, 3.05) is 5.73 Å². The molecular weight excluding hydrogens is 204 g/mol. The van der Waals surface area contributed by atoms with Crippen LogP contribution in [0.15, 0.2) is 0 Å². The minimum atomic E-state index is -0.482. The van der Waals surface area contributed by atoms with Crippen LogP contribution < -0.4 is 11.5 Å². The third-order valence-corrected chi connectivity index (χ3v) is 2.45. The molecule has 1 aromatic rings. The first-order valence-electron chi connectivity index (χ1n) is 5.49. The van der Waals surface area contributed by atoms with Crippen LogP contribution in [0.25, 0.3) is 0 Å². The molecule has 0 unspecified atom stereocenters. The molecule has 1 aromatic heterocycles. The number of hydrogen-bond donors (Lipinski definition) is 2. The Morgan fingerprint density at radius 2 is 2.00 bits per heavy atom. The van der Waals surface area contributed by atoms with Gasteiger partial charge in [0.05, 0.1) is 17.0 Å². The van der Waals surface area contributed by atoms with Crippen LogP contribution in [0.1, 0.15) is 47.9 Å². The highest BCUT2D eigenvalue weighted by Crippen LogP contribution is 2.14. The summed E-state index contributed by atoms with van der Waals surface area (Å²) in [4.78, 5) is 19.3. The molecular formula is C11H18N4O. The largest absolute Gasteiger partial charge is 0.368 e. The second kappa shape index (κ2) is 5.44. The van der Waals surface area contributed by atoms with Gasteiger partial charge in [0.2, 0.25) is 5.95 Å². The maximum atomic E-state index is 11.3. The molecule has 0 aliphatic carbocycles. The van der Waals surface area contributed by atoms with E-state index in [1.165, 1.54) is 0 Å². The van der Waals surface area contributed by atoms with Gasteiger partial charge >= 0.3 is 0 Å². The van der Waals surface area contributed by atoms with E-state index in [-0.39, 0.29) is 5.95 Å². The van der Waals surface area contributed by atoms with E-state index in [1.54, 1.807) is 6.92 Å². The summed E-state index contributed by atoms with van der Waals surface area (Å²) >= 11 is 0. The fourth-order valence-electron chi connectivity index (χ4n) is 1.70. The Morgan fingerprint density at radius 1 is 1.31 bits per heavy atom. The molecule has 0 aliphatic rings. The van der Waals surface area contributed by atoms with Crippen molar-refractivity contribution in [2.45, 2.75) is 39.5 Å². The van der Waals surface area contributed by atoms with Gasteiger partial charge < -0.3 is 11.5 Å². The van der Waals surface area contributed by atoms with Gasteiger partial charge in [-0.3, -0.25) is 4.79 Å². The zero-order valence-corrected chi connectivity index (χ0v) is 9.79. The predicted octanol–water partition coefficient (Wildman–Crippen LogP) is 1.20. The highest BCUT2D eigenvalue weighted by atomic mass is 16.1. The van der Waals surface area contributed by atoms with Gasteiger partial charge in [-0.05, 0) is 19.8 Å². The van der Waals surface area contributed by atoms with Crippen LogP contribution >= 0.6 is 0 Å². The average molecular weight is 222 g/mol. The summed E-state index contributed by atoms with van der Waals surface area (Å²) in [6.45, 7) is 3.84. The number of hydrogen-bond acceptors (Lipinski definition) is 4. The van der Waals surface area contributed by atoms with E-state index in [0.717, 1.165) is 25.7 Å². The molecule has 0 spiro atoms. The number of primary amides is 1. The molecule has 88 valence electrons. The smallest absolute Gasteiger partial charge is 0.252 e. The molecule has 0 aliphatic heterocycles. The molecule has 5 nitrogen and oxygen atoms in total. The van der Waals surface area contributed by atoms with Crippen molar-refractivity contribution in [1.29, 1.82) is 0 Å². The Kier molecular flexibility index (Phi) is 4.22. The third kappa shape index (κ3) is 2.92. The van der Waals surface area contributed by atoms with Crippen molar-refractivity contribution in [3.05, 3.63) is 17.0 Å². The molecule has 0 atom stereocenters. The minimum absolute atomic E-state index is 0.203. The van der Waals surface area contributed by atoms with Crippen LogP contribution in [0, 0.1) is 6.92 Å². The Labute approximate surface area is 95.3 Å². The van der Waals surface area contributed by atoms with Gasteiger partial charge in [0, 0.05) is 0 Å². The van der Waals surface area contributed by atoms with Gasteiger partial charge in [-0.15, -0.1) is 0 Å². The van der Waals surface area contributed by atoms with E-state index >= 15 is 0 Å². The van der Waals surface area contributed by atoms with E-state index in [1.807, 2.05) is 0 Å². The number of nitrogens with two attached hydrogens (primary N) is 2. The van der Waals surface area contributed by atoms with E-state index in [0.29, 0.717) is 17.0 Å². The molecule has 0 radical (unpaired) electrons. The SMILES string of the molecule is CCCCCc1nc(N)nc(C)c1C(N)=O. The summed E-state index contributed by atoms with van der Waals surface area (Å²) in [5.74, 6) is -0.280. The zero-order chi connectivity index (χ0) is 12.1. The quantitative estimate of drug-likeness (QED) is 0.732. The average Bonchev–Trinajstić information content (AvgIpc) is 2.16. The second-order valence-corrected chi connectivity index (χ2v) is 3.81.